The Morgan fingerprint density at radius 1 is 1.16 bits per heavy atom. The van der Waals surface area contributed by atoms with Crippen LogP contribution in [0, 0.1) is 18.2 Å². The van der Waals surface area contributed by atoms with Crippen LogP contribution in [0.25, 0.3) is 22.3 Å². The minimum absolute atomic E-state index is 0.0779. The first-order valence-electron chi connectivity index (χ1n) is 16.8. The molecule has 1 aromatic heterocycles. The highest BCUT2D eigenvalue weighted by molar-refractivity contribution is 7.83. The highest BCUT2D eigenvalue weighted by Gasteiger charge is 2.50. The van der Waals surface area contributed by atoms with Crippen LogP contribution in [-0.2, 0) is 15.7 Å². The molecule has 2 aromatic carbocycles. The van der Waals surface area contributed by atoms with Gasteiger partial charge in [0.05, 0.1) is 36.1 Å². The van der Waals surface area contributed by atoms with Crippen molar-refractivity contribution < 1.29 is 32.0 Å². The van der Waals surface area contributed by atoms with E-state index < -0.39 is 40.4 Å². The number of terminal acetylenes is 1. The lowest BCUT2D eigenvalue weighted by Gasteiger charge is -2.42. The number of piperazine rings is 1. The normalized spacial score (nSPS) is 29.7. The van der Waals surface area contributed by atoms with E-state index in [1.165, 1.54) is 28.6 Å². The van der Waals surface area contributed by atoms with Gasteiger partial charge in [0.1, 0.15) is 34.9 Å². The Morgan fingerprint density at radius 3 is 2.69 bits per heavy atom. The first-order chi connectivity index (χ1) is 23.7. The molecule has 0 aliphatic carbocycles. The summed E-state index contributed by atoms with van der Waals surface area (Å²) < 4.78 is 75.4. The van der Waals surface area contributed by atoms with Crippen LogP contribution in [-0.4, -0.2) is 104 Å². The van der Waals surface area contributed by atoms with Gasteiger partial charge in [0.2, 0.25) is 0 Å². The minimum Gasteiger partial charge on any atom is -0.508 e. The standard InChI is InChI=1S/C35H35F3N6O4S/c1-2-25-27(37)7-4-19-10-24(45)11-26(28(19)25)31-29(38)30-32(49(46)44(31)23-16-47-17-23)33(42-14-21-5-6-22(15-42)39-21)41-34(40-30)48-18-35-8-3-9-43(35)13-20(36)12-35/h1,4,7,10-11,20-23,39,45H,3,5-6,8-9,12-18H2/t20?,21?,22?,35-,49?/m0/s1. The molecule has 3 aromatic rings. The Morgan fingerprint density at radius 2 is 1.96 bits per heavy atom. The number of alkyl halides is 1. The average Bonchev–Trinajstić information content (AvgIpc) is 3.71. The SMILES string of the molecule is C#Cc1c(F)ccc2cc(O)cc(C3=C(F)c4nc(OC[C@@]56CCCN5CC(F)C6)nc(N5CC6CCC(C5)N6)c4S(=O)N3C3COC3)c12. The summed E-state index contributed by atoms with van der Waals surface area (Å²) in [5.74, 6) is 0.983. The Hall–Kier alpha value is -3.90. The Bertz CT molecular complexity index is 1970. The van der Waals surface area contributed by atoms with Gasteiger partial charge >= 0.3 is 6.01 Å². The molecule has 5 fully saturated rings. The molecular formula is C35H35F3N6O4S. The van der Waals surface area contributed by atoms with Gasteiger partial charge in [-0.15, -0.1) is 6.42 Å². The smallest absolute Gasteiger partial charge is 0.319 e. The van der Waals surface area contributed by atoms with Gasteiger partial charge in [-0.1, -0.05) is 12.0 Å². The molecule has 256 valence electrons. The predicted molar refractivity (Wildman–Crippen MR) is 177 cm³/mol. The molecule has 0 radical (unpaired) electrons. The maximum Gasteiger partial charge on any atom is 0.319 e. The van der Waals surface area contributed by atoms with E-state index in [0.717, 1.165) is 32.2 Å². The van der Waals surface area contributed by atoms with Crippen molar-refractivity contribution in [2.75, 3.05) is 50.9 Å². The van der Waals surface area contributed by atoms with Crippen LogP contribution in [0.2, 0.25) is 0 Å². The summed E-state index contributed by atoms with van der Waals surface area (Å²) in [4.78, 5) is 13.6. The number of anilines is 1. The van der Waals surface area contributed by atoms with Crippen LogP contribution >= 0.6 is 0 Å². The van der Waals surface area contributed by atoms with Crippen LogP contribution < -0.4 is 15.0 Å². The number of nitrogens with zero attached hydrogens (tertiary/aromatic N) is 5. The Kier molecular flexibility index (Phi) is 7.35. The van der Waals surface area contributed by atoms with Gasteiger partial charge < -0.3 is 24.8 Å². The molecule has 9 rings (SSSR count). The highest BCUT2D eigenvalue weighted by Crippen LogP contribution is 2.48. The van der Waals surface area contributed by atoms with E-state index in [4.69, 9.17) is 20.9 Å². The molecule has 6 aliphatic heterocycles. The third-order valence-electron chi connectivity index (χ3n) is 11.0. The summed E-state index contributed by atoms with van der Waals surface area (Å²) in [7, 11) is -2.06. The van der Waals surface area contributed by atoms with E-state index in [0.29, 0.717) is 37.3 Å². The average molecular weight is 693 g/mol. The van der Waals surface area contributed by atoms with Gasteiger partial charge in [0, 0.05) is 49.1 Å². The number of hydrogen-bond donors (Lipinski definition) is 2. The van der Waals surface area contributed by atoms with Gasteiger partial charge in [0.15, 0.2) is 22.6 Å². The van der Waals surface area contributed by atoms with Crippen molar-refractivity contribution in [3.05, 3.63) is 46.9 Å². The van der Waals surface area contributed by atoms with Crippen LogP contribution in [0.5, 0.6) is 11.8 Å². The monoisotopic (exact) mass is 692 g/mol. The number of nitrogens with one attached hydrogen (secondary N) is 1. The lowest BCUT2D eigenvalue weighted by atomic mass is 9.95. The topological polar surface area (TPSA) is 103 Å². The molecule has 0 saturated carbocycles. The summed E-state index contributed by atoms with van der Waals surface area (Å²) in [5.41, 5.74) is -0.877. The molecule has 7 heterocycles. The van der Waals surface area contributed by atoms with Crippen LogP contribution in [0.4, 0.5) is 19.0 Å². The third kappa shape index (κ3) is 4.92. The molecule has 5 saturated heterocycles. The fourth-order valence-corrected chi connectivity index (χ4v) is 10.2. The van der Waals surface area contributed by atoms with Crippen molar-refractivity contribution in [1.29, 1.82) is 0 Å². The molecule has 4 unspecified atom stereocenters. The summed E-state index contributed by atoms with van der Waals surface area (Å²) in [6.07, 6.45) is 8.81. The number of phenolic OH excluding ortho intramolecular Hbond substituents is 1. The van der Waals surface area contributed by atoms with E-state index in [1.807, 2.05) is 4.90 Å². The molecule has 2 N–H and O–H groups in total. The van der Waals surface area contributed by atoms with Gasteiger partial charge in [0.25, 0.3) is 0 Å². The van der Waals surface area contributed by atoms with Crippen LogP contribution in [0.15, 0.2) is 29.2 Å². The van der Waals surface area contributed by atoms with Gasteiger partial charge in [-0.25, -0.2) is 17.4 Å². The number of rotatable bonds is 6. The number of halogens is 3. The number of fused-ring (bicyclic) bond motifs is 5. The number of ether oxygens (including phenoxy) is 2. The second-order valence-electron chi connectivity index (χ2n) is 14.0. The summed E-state index contributed by atoms with van der Waals surface area (Å²) in [5, 5.41) is 15.0. The lowest BCUT2D eigenvalue weighted by molar-refractivity contribution is -0.0220. The molecule has 6 aliphatic rings. The van der Waals surface area contributed by atoms with E-state index in [2.05, 4.69) is 21.1 Å². The van der Waals surface area contributed by atoms with Crippen molar-refractivity contribution >= 4 is 39.1 Å². The van der Waals surface area contributed by atoms with Crippen molar-refractivity contribution in [3.8, 4) is 24.1 Å². The van der Waals surface area contributed by atoms with Gasteiger partial charge in [-0.05, 0) is 55.8 Å². The van der Waals surface area contributed by atoms with Crippen molar-refractivity contribution in [2.45, 2.75) is 66.8 Å². The quantitative estimate of drug-likeness (QED) is 0.373. The van der Waals surface area contributed by atoms with Crippen molar-refractivity contribution in [2.24, 2.45) is 0 Å². The molecule has 2 bridgehead atoms. The molecule has 10 nitrogen and oxygen atoms in total. The lowest BCUT2D eigenvalue weighted by Crippen LogP contribution is -2.53. The van der Waals surface area contributed by atoms with E-state index in [9.17, 15) is 13.7 Å². The number of phenols is 1. The van der Waals surface area contributed by atoms with Gasteiger partial charge in [-0.2, -0.15) is 9.97 Å². The maximum absolute atomic E-state index is 17.6. The second-order valence-corrected chi connectivity index (χ2v) is 15.3. The molecular weight excluding hydrogens is 657 g/mol. The Balaban J connectivity index is 1.24. The van der Waals surface area contributed by atoms with Crippen LogP contribution in [0.3, 0.4) is 0 Å². The first kappa shape index (κ1) is 31.1. The van der Waals surface area contributed by atoms with Crippen molar-refractivity contribution in [3.63, 3.8) is 0 Å². The maximum atomic E-state index is 17.6. The zero-order valence-corrected chi connectivity index (χ0v) is 27.4. The van der Waals surface area contributed by atoms with Crippen LogP contribution in [0.1, 0.15) is 48.9 Å². The molecule has 14 heteroatoms. The Labute approximate surface area is 283 Å². The number of aromatic nitrogens is 2. The summed E-state index contributed by atoms with van der Waals surface area (Å²) in [6.45, 7) is 2.76. The molecule has 49 heavy (non-hydrogen) atoms. The fraction of sp³-hybridized carbons (Fsp3) is 0.486. The van der Waals surface area contributed by atoms with Crippen molar-refractivity contribution in [1.82, 2.24) is 24.5 Å². The molecule has 5 atom stereocenters. The first-order valence-corrected chi connectivity index (χ1v) is 17.9. The predicted octanol–water partition coefficient (Wildman–Crippen LogP) is 3.88. The van der Waals surface area contributed by atoms with Gasteiger partial charge in [-0.3, -0.25) is 9.21 Å². The number of hydrogen-bond acceptors (Lipinski definition) is 9. The fourth-order valence-electron chi connectivity index (χ4n) is 8.68. The summed E-state index contributed by atoms with van der Waals surface area (Å²) >= 11 is 0. The summed E-state index contributed by atoms with van der Waals surface area (Å²) in [6, 6.07) is 5.18. The highest BCUT2D eigenvalue weighted by atomic mass is 32.2. The largest absolute Gasteiger partial charge is 0.508 e. The number of aromatic hydroxyl groups is 1. The van der Waals surface area contributed by atoms with E-state index in [1.54, 1.807) is 0 Å². The molecule has 0 amide bonds. The van der Waals surface area contributed by atoms with E-state index in [-0.39, 0.29) is 76.5 Å². The molecule has 0 spiro atoms. The zero-order valence-electron chi connectivity index (χ0n) is 26.6. The minimum atomic E-state index is -2.06. The second kappa shape index (κ2) is 11.6. The number of benzene rings is 2. The third-order valence-corrected chi connectivity index (χ3v) is 12.5. The van der Waals surface area contributed by atoms with E-state index >= 15 is 8.78 Å². The zero-order chi connectivity index (χ0) is 33.6.